The lowest BCUT2D eigenvalue weighted by atomic mass is 9.96. The lowest BCUT2D eigenvalue weighted by Crippen LogP contribution is -2.61. The number of carboxylic acids is 2. The van der Waals surface area contributed by atoms with Gasteiger partial charge >= 0.3 is 18.0 Å². The number of rotatable bonds is 32. The van der Waals surface area contributed by atoms with Crippen LogP contribution in [0.2, 0.25) is 0 Å². The van der Waals surface area contributed by atoms with Gasteiger partial charge in [0.05, 0.1) is 25.4 Å². The van der Waals surface area contributed by atoms with Gasteiger partial charge in [0.2, 0.25) is 47.3 Å². The summed E-state index contributed by atoms with van der Waals surface area (Å²) in [4.78, 5) is 141. The molecule has 0 aromatic rings. The number of carboxylic acid groups (broad SMARTS) is 2. The van der Waals surface area contributed by atoms with Crippen LogP contribution in [-0.4, -0.2) is 148 Å². The molecule has 25 nitrogen and oxygen atoms in total. The number of aliphatic hydroxyl groups excluding tert-OH is 1. The standard InChI is InChI=1S/C45H81N11O14/c1-13-24(9)34(56-45(70)49-20-48-37(61)26(11)50-39(63)29(17-21(3)4)51-38(62)28(46)15-16-32(59)60)41(65)47-19-31(58)53-35(25(10)14-2)42(66)52-30(18-22(5)6)40(64)55-36(27(12)57)43(67)54-33(23(7)8)44(68)69/h21-30,33-36,57H,13-20,46H2,1-12H3,(H,47,65)(H,48,61)(H,50,63)(H,51,62)(H,52,66)(H,53,58)(H,54,67)(H,55,64)(H,59,60)(H,68,69)(H2,49,56,70)/t24-,25-,26-,27+,28-,29-,30-,33-,34-,35-,36-/m0/s1. The summed E-state index contributed by atoms with van der Waals surface area (Å²) < 4.78 is 0. The van der Waals surface area contributed by atoms with Crippen LogP contribution in [-0.2, 0) is 47.9 Å². The Morgan fingerprint density at radius 1 is 0.500 bits per heavy atom. The van der Waals surface area contributed by atoms with Crippen molar-refractivity contribution in [1.82, 2.24) is 53.2 Å². The van der Waals surface area contributed by atoms with E-state index in [4.69, 9.17) is 10.8 Å². The molecular weight excluding hydrogens is 919 g/mol. The highest BCUT2D eigenvalue weighted by Gasteiger charge is 2.36. The summed E-state index contributed by atoms with van der Waals surface area (Å²) in [5.74, 6) is -10.4. The molecule has 0 aliphatic heterocycles. The number of hydrogen-bond donors (Lipinski definition) is 14. The molecule has 0 fully saturated rings. The highest BCUT2D eigenvalue weighted by molar-refractivity contribution is 5.97. The molecule has 0 saturated heterocycles. The topological polar surface area (TPSA) is 395 Å². The second-order valence-corrected chi connectivity index (χ2v) is 18.8. The van der Waals surface area contributed by atoms with Crippen LogP contribution in [0.4, 0.5) is 4.79 Å². The van der Waals surface area contributed by atoms with Crippen LogP contribution in [0, 0.1) is 29.6 Å². The predicted octanol–water partition coefficient (Wildman–Crippen LogP) is -1.73. The van der Waals surface area contributed by atoms with Gasteiger partial charge in [-0.3, -0.25) is 43.2 Å². The Kier molecular flexibility index (Phi) is 29.1. The minimum atomic E-state index is -1.58. The molecule has 0 aromatic carbocycles. The fourth-order valence-electron chi connectivity index (χ4n) is 6.61. The van der Waals surface area contributed by atoms with Crippen LogP contribution in [0.1, 0.15) is 122 Å². The normalized spacial score (nSPS) is 16.0. The number of carbonyl (C=O) groups excluding carboxylic acids is 9. The summed E-state index contributed by atoms with van der Waals surface area (Å²) in [7, 11) is 0. The zero-order chi connectivity index (χ0) is 54.2. The first kappa shape index (κ1) is 63.9. The second-order valence-electron chi connectivity index (χ2n) is 18.8. The molecule has 0 spiro atoms. The Balaban J connectivity index is 5.67. The van der Waals surface area contributed by atoms with E-state index in [9.17, 15) is 63.0 Å². The summed E-state index contributed by atoms with van der Waals surface area (Å²) in [6, 6.07) is -10.8. The second kappa shape index (κ2) is 31.9. The van der Waals surface area contributed by atoms with E-state index in [0.29, 0.717) is 12.8 Å². The molecule has 0 bridgehead atoms. The van der Waals surface area contributed by atoms with Crippen molar-refractivity contribution < 1.29 is 68.1 Å². The number of hydrogen-bond acceptors (Lipinski definition) is 13. The summed E-state index contributed by atoms with van der Waals surface area (Å²) >= 11 is 0. The molecule has 15 N–H and O–H groups in total. The van der Waals surface area contributed by atoms with Gasteiger partial charge in [0.1, 0.15) is 42.3 Å². The first-order valence-electron chi connectivity index (χ1n) is 23.8. The monoisotopic (exact) mass is 1000 g/mol. The Bertz CT molecular complexity index is 1800. The van der Waals surface area contributed by atoms with Gasteiger partial charge < -0.3 is 74.2 Å². The van der Waals surface area contributed by atoms with Crippen molar-refractivity contribution in [1.29, 1.82) is 0 Å². The lowest BCUT2D eigenvalue weighted by molar-refractivity contribution is -0.144. The SMILES string of the molecule is CC[C@H](C)[C@H](NC(=O)CNC(=O)[C@@H](NC(=O)NCNC(=O)[C@H](C)NC(=O)[C@H](CC(C)C)NC(=O)[C@@H](N)CCC(=O)O)[C@@H](C)CC)C(=O)N[C@@H](CC(C)C)C(=O)N[C@H](C(=O)N[C@H](C(=O)O)C(C)C)[C@@H](C)O. The Labute approximate surface area is 410 Å². The summed E-state index contributed by atoms with van der Waals surface area (Å²) in [5, 5.41) is 53.5. The number of urea groups is 1. The average molecular weight is 1000 g/mol. The Hall–Kier alpha value is -6.11. The van der Waals surface area contributed by atoms with Gasteiger partial charge in [0.15, 0.2) is 0 Å². The smallest absolute Gasteiger partial charge is 0.326 e. The van der Waals surface area contributed by atoms with Gasteiger partial charge in [0, 0.05) is 6.42 Å². The van der Waals surface area contributed by atoms with Crippen molar-refractivity contribution in [2.75, 3.05) is 13.2 Å². The van der Waals surface area contributed by atoms with Crippen molar-refractivity contribution in [3.63, 3.8) is 0 Å². The molecule has 0 unspecified atom stereocenters. The number of aliphatic carboxylic acids is 2. The maximum absolute atomic E-state index is 13.8. The zero-order valence-corrected chi connectivity index (χ0v) is 42.6. The van der Waals surface area contributed by atoms with E-state index in [-0.39, 0.29) is 37.5 Å². The van der Waals surface area contributed by atoms with Crippen molar-refractivity contribution >= 4 is 65.2 Å². The van der Waals surface area contributed by atoms with E-state index in [0.717, 1.165) is 0 Å². The molecule has 11 atom stereocenters. The van der Waals surface area contributed by atoms with Crippen molar-refractivity contribution in [2.45, 2.75) is 176 Å². The quantitative estimate of drug-likeness (QED) is 0.0333. The average Bonchev–Trinajstić information content (AvgIpc) is 3.26. The molecule has 400 valence electrons. The third kappa shape index (κ3) is 23.9. The summed E-state index contributed by atoms with van der Waals surface area (Å²) in [6.07, 6.45) is -0.885. The van der Waals surface area contributed by atoms with E-state index in [1.165, 1.54) is 13.8 Å². The van der Waals surface area contributed by atoms with Crippen LogP contribution in [0.15, 0.2) is 0 Å². The predicted molar refractivity (Wildman–Crippen MR) is 256 cm³/mol. The minimum absolute atomic E-state index is 0.0648. The molecule has 0 radical (unpaired) electrons. The van der Waals surface area contributed by atoms with Gasteiger partial charge in [-0.05, 0) is 62.7 Å². The number of amides is 10. The maximum atomic E-state index is 13.8. The van der Waals surface area contributed by atoms with Crippen LogP contribution in [0.25, 0.3) is 0 Å². The van der Waals surface area contributed by atoms with E-state index in [1.54, 1.807) is 69.2 Å². The van der Waals surface area contributed by atoms with E-state index in [2.05, 4.69) is 53.2 Å². The van der Waals surface area contributed by atoms with Gasteiger partial charge in [-0.2, -0.15) is 0 Å². The first-order chi connectivity index (χ1) is 32.5. The first-order valence-corrected chi connectivity index (χ1v) is 23.8. The maximum Gasteiger partial charge on any atom is 0.326 e. The lowest BCUT2D eigenvalue weighted by Gasteiger charge is -2.29. The van der Waals surface area contributed by atoms with Crippen molar-refractivity contribution in [3.8, 4) is 0 Å². The van der Waals surface area contributed by atoms with Crippen molar-refractivity contribution in [3.05, 3.63) is 0 Å². The van der Waals surface area contributed by atoms with Crippen LogP contribution >= 0.6 is 0 Å². The molecule has 10 amide bonds. The third-order valence-corrected chi connectivity index (χ3v) is 11.3. The molecule has 0 heterocycles. The molecule has 0 aliphatic carbocycles. The number of aliphatic hydroxyl groups is 1. The fourth-order valence-corrected chi connectivity index (χ4v) is 6.61. The number of carbonyl (C=O) groups is 11. The molecule has 0 aromatic heterocycles. The molecule has 25 heteroatoms. The Morgan fingerprint density at radius 3 is 1.43 bits per heavy atom. The largest absolute Gasteiger partial charge is 0.481 e. The van der Waals surface area contributed by atoms with E-state index >= 15 is 0 Å². The highest BCUT2D eigenvalue weighted by atomic mass is 16.4. The summed E-state index contributed by atoms with van der Waals surface area (Å²) in [6.45, 7) is 18.7. The van der Waals surface area contributed by atoms with Crippen molar-refractivity contribution in [2.24, 2.45) is 35.3 Å². The van der Waals surface area contributed by atoms with Gasteiger partial charge in [-0.25, -0.2) is 9.59 Å². The van der Waals surface area contributed by atoms with E-state index < -0.39 is 151 Å². The molecule has 0 rings (SSSR count). The van der Waals surface area contributed by atoms with E-state index in [1.807, 2.05) is 0 Å². The highest BCUT2D eigenvalue weighted by Crippen LogP contribution is 2.13. The molecule has 0 aliphatic rings. The molecular formula is C45H81N11O14. The molecule has 0 saturated carbocycles. The third-order valence-electron chi connectivity index (χ3n) is 11.3. The fraction of sp³-hybridized carbons (Fsp3) is 0.756. The minimum Gasteiger partial charge on any atom is -0.481 e. The van der Waals surface area contributed by atoms with Gasteiger partial charge in [0.25, 0.3) is 0 Å². The van der Waals surface area contributed by atoms with Gasteiger partial charge in [-0.1, -0.05) is 82.1 Å². The van der Waals surface area contributed by atoms with Crippen LogP contribution in [0.3, 0.4) is 0 Å². The van der Waals surface area contributed by atoms with Crippen LogP contribution in [0.5, 0.6) is 0 Å². The number of nitrogens with two attached hydrogens (primary N) is 1. The molecule has 70 heavy (non-hydrogen) atoms. The van der Waals surface area contributed by atoms with Crippen LogP contribution < -0.4 is 58.9 Å². The Morgan fingerprint density at radius 2 is 0.971 bits per heavy atom. The summed E-state index contributed by atoms with van der Waals surface area (Å²) in [5.41, 5.74) is 5.78. The zero-order valence-electron chi connectivity index (χ0n) is 42.6. The number of nitrogens with one attached hydrogen (secondary N) is 10. The van der Waals surface area contributed by atoms with Gasteiger partial charge in [-0.15, -0.1) is 0 Å².